The van der Waals surface area contributed by atoms with Gasteiger partial charge in [0, 0.05) is 11.3 Å². The zero-order valence-corrected chi connectivity index (χ0v) is 10.8. The fourth-order valence-corrected chi connectivity index (χ4v) is 4.56. The quantitative estimate of drug-likeness (QED) is 0.565. The van der Waals surface area contributed by atoms with Gasteiger partial charge in [0.2, 0.25) is 0 Å². The monoisotopic (exact) mass is 254 g/mol. The summed E-state index contributed by atoms with van der Waals surface area (Å²) < 4.78 is 0. The first kappa shape index (κ1) is 13.4. The predicted molar refractivity (Wildman–Crippen MR) is 85.9 cm³/mol. The van der Waals surface area contributed by atoms with Crippen molar-refractivity contribution in [2.45, 2.75) is 24.2 Å². The maximum Gasteiger partial charge on any atom is 0.0814 e. The van der Waals surface area contributed by atoms with Crippen molar-refractivity contribution in [1.29, 1.82) is 0 Å². The number of benzene rings is 2. The highest BCUT2D eigenvalue weighted by atomic mass is 31.1. The van der Waals surface area contributed by atoms with Crippen molar-refractivity contribution in [3.05, 3.63) is 71.8 Å². The van der Waals surface area contributed by atoms with Gasteiger partial charge in [-0.2, -0.15) is 0 Å². The Bertz CT molecular complexity index is 423. The first-order valence-electron chi connectivity index (χ1n) is 6.29. The lowest BCUT2D eigenvalue weighted by atomic mass is 10.0. The summed E-state index contributed by atoms with van der Waals surface area (Å²) in [6, 6.07) is 22.0. The lowest BCUT2D eigenvalue weighted by molar-refractivity contribution is 0.765. The van der Waals surface area contributed by atoms with E-state index in [-0.39, 0.29) is 8.41 Å². The zero-order chi connectivity index (χ0) is 11.5. The first-order chi connectivity index (χ1) is 8.43. The molecule has 2 aromatic carbocycles. The molecule has 2 aromatic rings. The van der Waals surface area contributed by atoms with Crippen molar-refractivity contribution >= 4 is 17.0 Å². The Morgan fingerprint density at radius 2 is 1.06 bits per heavy atom. The summed E-state index contributed by atoms with van der Waals surface area (Å²) >= 11 is 0. The summed E-state index contributed by atoms with van der Waals surface area (Å²) in [5, 5.41) is 0. The van der Waals surface area contributed by atoms with E-state index in [0.717, 1.165) is 19.9 Å². The van der Waals surface area contributed by atoms with Crippen LogP contribution in [0.4, 0.5) is 0 Å². The molecular weight excluding hydrogens is 234 g/mol. The molecule has 1 aliphatic rings. The van der Waals surface area contributed by atoms with Crippen LogP contribution in [0.2, 0.25) is 0 Å². The van der Waals surface area contributed by atoms with Gasteiger partial charge in [-0.25, -0.2) is 0 Å². The lowest BCUT2D eigenvalue weighted by Crippen LogP contribution is -1.85. The second-order valence-electron chi connectivity index (χ2n) is 4.67. The minimum absolute atomic E-state index is 0. The third-order valence-electron chi connectivity index (χ3n) is 3.55. The second-order valence-corrected chi connectivity index (χ2v) is 6.40. The minimum Gasteiger partial charge on any atom is -0.107 e. The van der Waals surface area contributed by atoms with Crippen LogP contribution in [-0.4, -0.2) is 8.41 Å². The molecule has 92 valence electrons. The summed E-state index contributed by atoms with van der Waals surface area (Å²) in [6.07, 6.45) is 2.70. The van der Waals surface area contributed by atoms with Gasteiger partial charge in [0.1, 0.15) is 0 Å². The van der Waals surface area contributed by atoms with Crippen molar-refractivity contribution in [2.24, 2.45) is 0 Å². The summed E-state index contributed by atoms with van der Waals surface area (Å²) in [5.74, 6) is 0. The maximum absolute atomic E-state index is 2.28. The van der Waals surface area contributed by atoms with E-state index in [1.54, 1.807) is 0 Å². The molecule has 0 aliphatic carbocycles. The molecule has 0 saturated carbocycles. The van der Waals surface area contributed by atoms with Gasteiger partial charge in [0.25, 0.3) is 0 Å². The maximum atomic E-state index is 2.28. The molecule has 1 heterocycles. The highest BCUT2D eigenvalue weighted by Gasteiger charge is 2.26. The van der Waals surface area contributed by atoms with Crippen LogP contribution in [0.25, 0.3) is 0 Å². The van der Waals surface area contributed by atoms with Crippen LogP contribution in [-0.2, 0) is 0 Å². The molecule has 0 radical (unpaired) electrons. The number of rotatable bonds is 2. The van der Waals surface area contributed by atoms with E-state index in [1.165, 1.54) is 24.0 Å². The Hall–Kier alpha value is -1.07. The van der Waals surface area contributed by atoms with Gasteiger partial charge in [-0.05, 0) is 24.0 Å². The predicted octanol–water partition coefficient (Wildman–Crippen LogP) is 3.76. The van der Waals surface area contributed by atoms with Crippen molar-refractivity contribution in [1.82, 2.24) is 0 Å². The van der Waals surface area contributed by atoms with Crippen LogP contribution >= 0.6 is 8.58 Å². The van der Waals surface area contributed by atoms with E-state index in [9.17, 15) is 0 Å². The van der Waals surface area contributed by atoms with Crippen LogP contribution in [0.5, 0.6) is 0 Å². The molecular formula is C16H20BP. The molecule has 1 saturated heterocycles. The molecule has 0 bridgehead atoms. The lowest BCUT2D eigenvalue weighted by Gasteiger charge is -2.12. The van der Waals surface area contributed by atoms with E-state index < -0.39 is 0 Å². The zero-order valence-electron chi connectivity index (χ0n) is 9.84. The van der Waals surface area contributed by atoms with Crippen molar-refractivity contribution in [3.63, 3.8) is 0 Å². The third kappa shape index (κ3) is 2.84. The van der Waals surface area contributed by atoms with Gasteiger partial charge in [-0.3, -0.25) is 0 Å². The Kier molecular flexibility index (Phi) is 4.61. The standard InChI is InChI=1S/C16H17P.BH3/c1-3-7-13(8-4-1)15-11-12-16(17-15)14-9-5-2-6-10-14;/h1-10,15-17H,11-12H2;1H3/t15-,16-;/m1./s1. The summed E-state index contributed by atoms with van der Waals surface area (Å²) in [5.41, 5.74) is 4.65. The molecule has 2 atom stereocenters. The molecule has 1 fully saturated rings. The smallest absolute Gasteiger partial charge is 0.0814 e. The number of hydrogen-bond acceptors (Lipinski definition) is 0. The summed E-state index contributed by atoms with van der Waals surface area (Å²) in [6.45, 7) is 0. The molecule has 3 rings (SSSR count). The Balaban J connectivity index is 0.00000120. The molecule has 2 heteroatoms. The third-order valence-corrected chi connectivity index (χ3v) is 5.60. The van der Waals surface area contributed by atoms with Crippen molar-refractivity contribution in [3.8, 4) is 0 Å². The second kappa shape index (κ2) is 6.20. The van der Waals surface area contributed by atoms with Crippen molar-refractivity contribution in [2.75, 3.05) is 0 Å². The average molecular weight is 254 g/mol. The van der Waals surface area contributed by atoms with E-state index in [0.29, 0.717) is 0 Å². The van der Waals surface area contributed by atoms with Gasteiger partial charge < -0.3 is 0 Å². The normalized spacial score (nSPS) is 22.4. The SMILES string of the molecule is B.c1ccc([C@H]2CC[C@H](c3ccccc3)P2)cc1. The molecule has 0 N–H and O–H groups in total. The van der Waals surface area contributed by atoms with E-state index in [4.69, 9.17) is 0 Å². The Morgan fingerprint density at radius 3 is 1.44 bits per heavy atom. The fraction of sp³-hybridized carbons (Fsp3) is 0.250. The van der Waals surface area contributed by atoms with Crippen molar-refractivity contribution < 1.29 is 0 Å². The molecule has 0 amide bonds. The summed E-state index contributed by atoms with van der Waals surface area (Å²) in [7, 11) is 1.05. The molecule has 1 aliphatic heterocycles. The highest BCUT2D eigenvalue weighted by Crippen LogP contribution is 2.57. The van der Waals surface area contributed by atoms with Gasteiger partial charge in [-0.1, -0.05) is 60.7 Å². The first-order valence-corrected chi connectivity index (χ1v) is 7.45. The average Bonchev–Trinajstić information content (AvgIpc) is 2.90. The van der Waals surface area contributed by atoms with E-state index in [2.05, 4.69) is 60.7 Å². The van der Waals surface area contributed by atoms with E-state index in [1.807, 2.05) is 0 Å². The fourth-order valence-electron chi connectivity index (χ4n) is 2.64. The minimum atomic E-state index is 0. The van der Waals surface area contributed by atoms with Crippen LogP contribution in [0.15, 0.2) is 60.7 Å². The van der Waals surface area contributed by atoms with Crippen LogP contribution in [0, 0.1) is 0 Å². The summed E-state index contributed by atoms with van der Waals surface area (Å²) in [4.78, 5) is 0. The van der Waals surface area contributed by atoms with Crippen LogP contribution in [0.3, 0.4) is 0 Å². The van der Waals surface area contributed by atoms with Crippen LogP contribution < -0.4 is 0 Å². The topological polar surface area (TPSA) is 0 Å². The van der Waals surface area contributed by atoms with Gasteiger partial charge >= 0.3 is 0 Å². The van der Waals surface area contributed by atoms with Gasteiger partial charge in [-0.15, -0.1) is 8.58 Å². The van der Waals surface area contributed by atoms with Gasteiger partial charge in [0.05, 0.1) is 8.41 Å². The largest absolute Gasteiger partial charge is 0.107 e. The molecule has 0 unspecified atom stereocenters. The molecule has 18 heavy (non-hydrogen) atoms. The van der Waals surface area contributed by atoms with Gasteiger partial charge in [0.15, 0.2) is 0 Å². The molecule has 0 nitrogen and oxygen atoms in total. The van der Waals surface area contributed by atoms with Crippen LogP contribution in [0.1, 0.15) is 35.3 Å². The van der Waals surface area contributed by atoms with E-state index >= 15 is 0 Å². The Labute approximate surface area is 113 Å². The highest BCUT2D eigenvalue weighted by molar-refractivity contribution is 7.39. The Morgan fingerprint density at radius 1 is 0.667 bits per heavy atom. The molecule has 0 aromatic heterocycles. The molecule has 0 spiro atoms. The number of hydrogen-bond donors (Lipinski definition) is 0.